The first-order chi connectivity index (χ1) is 16.5. The topological polar surface area (TPSA) is 79.4 Å². The van der Waals surface area contributed by atoms with Gasteiger partial charge in [0.25, 0.3) is 5.91 Å². The highest BCUT2D eigenvalue weighted by molar-refractivity contribution is 7.89. The highest BCUT2D eigenvalue weighted by Gasteiger charge is 2.25. The second-order valence-electron chi connectivity index (χ2n) is 9.04. The van der Waals surface area contributed by atoms with Crippen molar-refractivity contribution in [1.29, 1.82) is 0 Å². The van der Waals surface area contributed by atoms with Gasteiger partial charge in [0.05, 0.1) is 15.1 Å². The van der Waals surface area contributed by atoms with Crippen molar-refractivity contribution in [3.05, 3.63) is 65.2 Å². The average Bonchev–Trinajstić information content (AvgIpc) is 3.33. The molecule has 1 N–H and O–H groups in total. The van der Waals surface area contributed by atoms with Crippen LogP contribution >= 0.6 is 11.3 Å². The number of amides is 1. The van der Waals surface area contributed by atoms with E-state index in [1.54, 1.807) is 16.4 Å². The molecule has 0 atom stereocenters. The molecule has 6 nitrogen and oxygen atoms in total. The smallest absolute Gasteiger partial charge is 0.257 e. The lowest BCUT2D eigenvalue weighted by molar-refractivity contribution is 0.102. The van der Waals surface area contributed by atoms with Gasteiger partial charge in [-0.05, 0) is 72.5 Å². The number of nitrogens with one attached hydrogen (secondary N) is 1. The van der Waals surface area contributed by atoms with E-state index in [1.807, 2.05) is 0 Å². The fourth-order valence-electron chi connectivity index (χ4n) is 5.14. The van der Waals surface area contributed by atoms with Crippen molar-refractivity contribution in [3.8, 4) is 0 Å². The molecule has 8 heteroatoms. The van der Waals surface area contributed by atoms with E-state index in [9.17, 15) is 13.2 Å². The summed E-state index contributed by atoms with van der Waals surface area (Å²) in [7, 11) is -3.54. The molecule has 6 rings (SSSR count). The van der Waals surface area contributed by atoms with Gasteiger partial charge < -0.3 is 0 Å². The molecule has 1 amide bonds. The van der Waals surface area contributed by atoms with E-state index < -0.39 is 10.0 Å². The zero-order valence-electron chi connectivity index (χ0n) is 18.7. The summed E-state index contributed by atoms with van der Waals surface area (Å²) < 4.78 is 28.6. The quantitative estimate of drug-likeness (QED) is 0.417. The Morgan fingerprint density at radius 1 is 0.941 bits per heavy atom. The number of carbonyl (C=O) groups is 1. The number of benzene rings is 3. The molecule has 3 aromatic carbocycles. The Kier molecular flexibility index (Phi) is 5.39. The molecular weight excluding hydrogens is 466 g/mol. The summed E-state index contributed by atoms with van der Waals surface area (Å²) in [6.07, 6.45) is 6.01. The minimum atomic E-state index is -3.54. The van der Waals surface area contributed by atoms with Gasteiger partial charge in [-0.3, -0.25) is 10.1 Å². The summed E-state index contributed by atoms with van der Waals surface area (Å²) in [4.78, 5) is 17.8. The highest BCUT2D eigenvalue weighted by atomic mass is 32.2. The van der Waals surface area contributed by atoms with Crippen LogP contribution in [-0.4, -0.2) is 36.7 Å². The fraction of sp³-hybridized carbons (Fsp3) is 0.308. The molecule has 2 heterocycles. The number of aromatic nitrogens is 1. The number of aryl methyl sites for hydroxylation is 2. The molecule has 1 saturated heterocycles. The van der Waals surface area contributed by atoms with Crippen LogP contribution in [0.15, 0.2) is 53.4 Å². The van der Waals surface area contributed by atoms with Gasteiger partial charge in [0.15, 0.2) is 5.13 Å². The molecule has 2 aliphatic rings. The van der Waals surface area contributed by atoms with E-state index in [4.69, 9.17) is 4.98 Å². The van der Waals surface area contributed by atoms with Crippen LogP contribution < -0.4 is 5.32 Å². The number of rotatable bonds is 4. The van der Waals surface area contributed by atoms with E-state index >= 15 is 0 Å². The summed E-state index contributed by atoms with van der Waals surface area (Å²) in [5.74, 6) is -0.296. The molecule has 174 valence electrons. The summed E-state index contributed by atoms with van der Waals surface area (Å²) in [5, 5.41) is 5.90. The molecule has 1 aromatic heterocycles. The molecule has 1 fully saturated rings. The Bertz CT molecular complexity index is 1520. The second-order valence-corrected chi connectivity index (χ2v) is 12.0. The summed E-state index contributed by atoms with van der Waals surface area (Å²) in [6, 6.07) is 14.8. The zero-order valence-corrected chi connectivity index (χ0v) is 20.3. The third-order valence-corrected chi connectivity index (χ3v) is 9.72. The molecule has 34 heavy (non-hydrogen) atoms. The molecule has 0 spiro atoms. The number of thiazole rings is 1. The van der Waals surface area contributed by atoms with E-state index in [-0.39, 0.29) is 10.8 Å². The van der Waals surface area contributed by atoms with Gasteiger partial charge >= 0.3 is 0 Å². The van der Waals surface area contributed by atoms with Gasteiger partial charge in [0, 0.05) is 24.0 Å². The number of anilines is 1. The Morgan fingerprint density at radius 2 is 1.68 bits per heavy atom. The van der Waals surface area contributed by atoms with Crippen molar-refractivity contribution in [3.63, 3.8) is 0 Å². The number of fused-ring (bicyclic) bond motifs is 2. The first-order valence-corrected chi connectivity index (χ1v) is 14.0. The number of sulfonamides is 1. The summed E-state index contributed by atoms with van der Waals surface area (Å²) >= 11 is 1.47. The second kappa shape index (κ2) is 8.45. The summed E-state index contributed by atoms with van der Waals surface area (Å²) in [5.41, 5.74) is 4.04. The van der Waals surface area contributed by atoms with E-state index in [2.05, 4.69) is 29.6 Å². The number of hydrogen-bond acceptors (Lipinski definition) is 5. The fourth-order valence-corrected chi connectivity index (χ4v) is 7.60. The minimum absolute atomic E-state index is 0.232. The number of carbonyl (C=O) groups excluding carboxylic acids is 1. The number of hydrogen-bond donors (Lipinski definition) is 1. The summed E-state index contributed by atoms with van der Waals surface area (Å²) in [6.45, 7) is 1.11. The predicted molar refractivity (Wildman–Crippen MR) is 136 cm³/mol. The normalized spacial score (nSPS) is 16.7. The maximum Gasteiger partial charge on any atom is 0.257 e. The highest BCUT2D eigenvalue weighted by Crippen LogP contribution is 2.39. The Morgan fingerprint density at radius 3 is 2.44 bits per heavy atom. The number of nitrogens with zero attached hydrogens (tertiary/aromatic N) is 2. The lowest BCUT2D eigenvalue weighted by Gasteiger charge is -2.20. The minimum Gasteiger partial charge on any atom is -0.298 e. The molecule has 1 aliphatic carbocycles. The van der Waals surface area contributed by atoms with Crippen LogP contribution in [0, 0.1) is 0 Å². The van der Waals surface area contributed by atoms with Crippen molar-refractivity contribution in [1.82, 2.24) is 9.29 Å². The molecule has 1 aliphatic heterocycles. The van der Waals surface area contributed by atoms with E-state index in [0.29, 0.717) is 23.8 Å². The van der Waals surface area contributed by atoms with Crippen molar-refractivity contribution in [2.45, 2.75) is 43.4 Å². The lowest BCUT2D eigenvalue weighted by atomic mass is 10.0. The van der Waals surface area contributed by atoms with E-state index in [1.165, 1.54) is 40.0 Å². The predicted octanol–water partition coefficient (Wildman–Crippen LogP) is 5.37. The maximum absolute atomic E-state index is 13.0. The average molecular weight is 492 g/mol. The van der Waals surface area contributed by atoms with Gasteiger partial charge in [0.2, 0.25) is 10.0 Å². The van der Waals surface area contributed by atoms with Crippen molar-refractivity contribution >= 4 is 53.4 Å². The monoisotopic (exact) mass is 491 g/mol. The molecular formula is C26H25N3O3S2. The third kappa shape index (κ3) is 3.70. The van der Waals surface area contributed by atoms with Crippen LogP contribution in [0.2, 0.25) is 0 Å². The first-order valence-electron chi connectivity index (χ1n) is 11.8. The third-order valence-electron chi connectivity index (χ3n) is 6.89. The molecule has 0 saturated carbocycles. The molecule has 4 aromatic rings. The van der Waals surface area contributed by atoms with Gasteiger partial charge in [-0.2, -0.15) is 4.31 Å². The van der Waals surface area contributed by atoms with Crippen LogP contribution in [-0.2, 0) is 22.9 Å². The lowest BCUT2D eigenvalue weighted by Crippen LogP contribution is -2.31. The molecule has 0 unspecified atom stereocenters. The van der Waals surface area contributed by atoms with Gasteiger partial charge in [-0.25, -0.2) is 13.4 Å². The van der Waals surface area contributed by atoms with Crippen LogP contribution in [0.3, 0.4) is 0 Å². The molecule has 0 bridgehead atoms. The van der Waals surface area contributed by atoms with Crippen LogP contribution in [0.25, 0.3) is 21.0 Å². The van der Waals surface area contributed by atoms with Crippen LogP contribution in [0.4, 0.5) is 5.13 Å². The van der Waals surface area contributed by atoms with Crippen molar-refractivity contribution < 1.29 is 13.2 Å². The van der Waals surface area contributed by atoms with Crippen molar-refractivity contribution in [2.24, 2.45) is 0 Å². The van der Waals surface area contributed by atoms with Gasteiger partial charge in [-0.15, -0.1) is 0 Å². The Labute approximate surface area is 202 Å². The molecule has 0 radical (unpaired) electrons. The van der Waals surface area contributed by atoms with Gasteiger partial charge in [0.1, 0.15) is 0 Å². The van der Waals surface area contributed by atoms with Crippen molar-refractivity contribution in [2.75, 3.05) is 18.4 Å². The van der Waals surface area contributed by atoms with Crippen LogP contribution in [0.5, 0.6) is 0 Å². The first kappa shape index (κ1) is 21.7. The Hall–Kier alpha value is -2.81. The zero-order chi connectivity index (χ0) is 23.3. The van der Waals surface area contributed by atoms with Crippen LogP contribution in [0.1, 0.15) is 47.2 Å². The SMILES string of the molecule is O=C(Nc1nc2c(cc3c4c(cccc42)CC3)s1)c1ccc(S(=O)(=O)N2CCCCCC2)cc1. The van der Waals surface area contributed by atoms with E-state index in [0.717, 1.165) is 54.1 Å². The Balaban J connectivity index is 1.24. The standard InChI is InChI=1S/C26H25N3O3S2/c30-25(18-10-12-20(13-11-18)34(31,32)29-14-3-1-2-4-15-29)28-26-27-24-21-7-5-6-17-8-9-19(23(17)21)16-22(24)33-26/h5-7,10-13,16H,1-4,8-9,14-15H2,(H,27,28,30). The largest absolute Gasteiger partial charge is 0.298 e. The maximum atomic E-state index is 13.0. The van der Waals surface area contributed by atoms with Gasteiger partial charge in [-0.1, -0.05) is 42.4 Å².